The first-order chi connectivity index (χ1) is 15.0. The van der Waals surface area contributed by atoms with Gasteiger partial charge in [-0.2, -0.15) is 5.10 Å². The Bertz CT molecular complexity index is 1330. The van der Waals surface area contributed by atoms with Crippen LogP contribution in [0.15, 0.2) is 77.9 Å². The number of fused-ring (bicyclic) bond motifs is 2. The molecule has 0 radical (unpaired) electrons. The van der Waals surface area contributed by atoms with Gasteiger partial charge < -0.3 is 15.5 Å². The van der Waals surface area contributed by atoms with Crippen molar-refractivity contribution in [3.8, 4) is 5.75 Å². The number of hydrazone groups is 1. The number of rotatable bonds is 6. The van der Waals surface area contributed by atoms with Crippen LogP contribution in [0.3, 0.4) is 0 Å². The summed E-state index contributed by atoms with van der Waals surface area (Å²) in [5.74, 6) is -1.69. The van der Waals surface area contributed by atoms with E-state index in [4.69, 9.17) is 5.11 Å². The van der Waals surface area contributed by atoms with E-state index < -0.39 is 5.97 Å². The summed E-state index contributed by atoms with van der Waals surface area (Å²) in [6.45, 7) is 0.00703. The number of carbonyl (C=O) groups excluding carboxylic acids is 1. The van der Waals surface area contributed by atoms with Crippen LogP contribution >= 0.6 is 0 Å². The van der Waals surface area contributed by atoms with Crippen molar-refractivity contribution in [3.05, 3.63) is 83.9 Å². The molecule has 0 aliphatic rings. The lowest BCUT2D eigenvalue weighted by molar-refractivity contribution is -0.268. The third-order valence-corrected chi connectivity index (χ3v) is 4.88. The molecule has 4 rings (SSSR count). The smallest absolute Gasteiger partial charge is 0.335 e. The summed E-state index contributed by atoms with van der Waals surface area (Å²) in [6.07, 6.45) is 1.28. The van der Waals surface area contributed by atoms with Gasteiger partial charge in [0.15, 0.2) is 0 Å². The monoisotopic (exact) mass is 412 g/mol. The normalized spacial score (nSPS) is 11.1. The molecule has 7 nitrogen and oxygen atoms in total. The highest BCUT2D eigenvalue weighted by Crippen LogP contribution is 2.25. The minimum absolute atomic E-state index is 0.00703. The van der Waals surface area contributed by atoms with E-state index in [0.717, 1.165) is 16.5 Å². The van der Waals surface area contributed by atoms with Gasteiger partial charge >= 0.3 is 5.97 Å². The molecule has 4 aromatic rings. The molecule has 3 N–H and O–H groups in total. The number of hydrogen-bond donors (Lipinski definition) is 3. The van der Waals surface area contributed by atoms with Crippen molar-refractivity contribution in [1.29, 1.82) is 0 Å². The Balaban J connectivity index is 1.45. The van der Waals surface area contributed by atoms with E-state index in [1.165, 1.54) is 24.4 Å². The van der Waals surface area contributed by atoms with E-state index in [1.54, 1.807) is 12.1 Å². The number of benzene rings is 4. The molecular weight excluding hydrogens is 394 g/mol. The van der Waals surface area contributed by atoms with Crippen molar-refractivity contribution in [3.63, 3.8) is 0 Å². The fourth-order valence-corrected chi connectivity index (χ4v) is 3.36. The molecule has 0 atom stereocenters. The minimum atomic E-state index is -1.05. The van der Waals surface area contributed by atoms with Crippen LogP contribution in [-0.4, -0.2) is 29.7 Å². The third kappa shape index (κ3) is 4.30. The Morgan fingerprint density at radius 1 is 0.935 bits per heavy atom. The summed E-state index contributed by atoms with van der Waals surface area (Å²) < 4.78 is 0. The van der Waals surface area contributed by atoms with Crippen molar-refractivity contribution >= 4 is 45.3 Å². The highest BCUT2D eigenvalue weighted by atomic mass is 16.4. The molecule has 0 aliphatic carbocycles. The molecule has 0 heterocycles. The van der Waals surface area contributed by atoms with Gasteiger partial charge in [-0.1, -0.05) is 60.3 Å². The molecule has 0 saturated carbocycles. The van der Waals surface area contributed by atoms with Gasteiger partial charge in [-0.25, -0.2) is 10.2 Å². The zero-order valence-electron chi connectivity index (χ0n) is 16.3. The molecule has 0 unspecified atom stereocenters. The molecule has 7 heteroatoms. The Morgan fingerprint density at radius 3 is 2.58 bits per heavy atom. The Morgan fingerprint density at radius 2 is 1.74 bits per heavy atom. The maximum Gasteiger partial charge on any atom is 0.335 e. The van der Waals surface area contributed by atoms with Gasteiger partial charge in [0.2, 0.25) is 0 Å². The summed E-state index contributed by atoms with van der Waals surface area (Å²) in [4.78, 5) is 23.3. The molecule has 0 spiro atoms. The summed E-state index contributed by atoms with van der Waals surface area (Å²) in [7, 11) is 0. The molecule has 0 aliphatic heterocycles. The second kappa shape index (κ2) is 8.54. The van der Waals surface area contributed by atoms with Crippen molar-refractivity contribution in [2.45, 2.75) is 0 Å². The number of anilines is 1. The van der Waals surface area contributed by atoms with Gasteiger partial charge in [0, 0.05) is 11.1 Å². The van der Waals surface area contributed by atoms with E-state index in [-0.39, 0.29) is 29.3 Å². The number of carboxylic acid groups (broad SMARTS) is 1. The van der Waals surface area contributed by atoms with Crippen LogP contribution in [0.5, 0.6) is 5.75 Å². The topological polar surface area (TPSA) is 114 Å². The predicted octanol–water partition coefficient (Wildman–Crippen LogP) is 3.33. The molecule has 1 amide bonds. The zero-order chi connectivity index (χ0) is 21.8. The second-order valence-electron chi connectivity index (χ2n) is 6.89. The minimum Gasteiger partial charge on any atom is -0.872 e. The number of amides is 1. The number of carbonyl (C=O) groups is 2. The number of aromatic carboxylic acids is 1. The first-order valence-corrected chi connectivity index (χ1v) is 9.53. The van der Waals surface area contributed by atoms with Gasteiger partial charge in [0.05, 0.1) is 18.3 Å². The van der Waals surface area contributed by atoms with Crippen molar-refractivity contribution < 1.29 is 19.8 Å². The highest BCUT2D eigenvalue weighted by molar-refractivity contribution is 6.04. The number of nitrogens with zero attached hydrogens (tertiary/aromatic N) is 1. The standard InChI is InChI=1S/C24H19N3O4/c28-22-11-9-16-12-17(24(30)31)8-10-18(16)20(22)13-26-27-23(29)14-25-21-7-3-5-15-4-1-2-6-19(15)21/h1-13,25,28H,14H2,(H,27,29)(H,30,31)/p-1/b26-13+. The van der Waals surface area contributed by atoms with Gasteiger partial charge in [-0.15, -0.1) is 0 Å². The average Bonchev–Trinajstić information content (AvgIpc) is 2.78. The Hall–Kier alpha value is -4.39. The van der Waals surface area contributed by atoms with Gasteiger partial charge in [-0.05, 0) is 39.9 Å². The largest absolute Gasteiger partial charge is 0.872 e. The quantitative estimate of drug-likeness (QED) is 0.332. The molecule has 0 bridgehead atoms. The number of nitrogens with one attached hydrogen (secondary N) is 2. The first kappa shape index (κ1) is 19.9. The van der Waals surface area contributed by atoms with Crippen LogP contribution in [-0.2, 0) is 4.79 Å². The molecule has 0 fully saturated rings. The second-order valence-corrected chi connectivity index (χ2v) is 6.89. The summed E-state index contributed by atoms with van der Waals surface area (Å²) >= 11 is 0. The van der Waals surface area contributed by atoms with E-state index in [2.05, 4.69) is 15.8 Å². The fraction of sp³-hybridized carbons (Fsp3) is 0.0417. The SMILES string of the molecule is O=C(CNc1cccc2ccccc12)N/N=C/c1c([O-])ccc2cc(C(=O)O)ccc12. The summed E-state index contributed by atoms with van der Waals surface area (Å²) in [5.41, 5.74) is 3.64. The Labute approximate surface area is 177 Å². The lowest BCUT2D eigenvalue weighted by Crippen LogP contribution is -2.26. The summed E-state index contributed by atoms with van der Waals surface area (Å²) in [6, 6.07) is 21.0. The highest BCUT2D eigenvalue weighted by Gasteiger charge is 2.07. The molecule has 0 saturated heterocycles. The summed E-state index contributed by atoms with van der Waals surface area (Å²) in [5, 5.41) is 31.6. The maximum absolute atomic E-state index is 12.2. The molecule has 4 aromatic carbocycles. The molecule has 154 valence electrons. The number of hydrogen-bond acceptors (Lipinski definition) is 5. The molecule has 31 heavy (non-hydrogen) atoms. The van der Waals surface area contributed by atoms with Crippen LogP contribution in [0.2, 0.25) is 0 Å². The first-order valence-electron chi connectivity index (χ1n) is 9.53. The lowest BCUT2D eigenvalue weighted by atomic mass is 10.0. The van der Waals surface area contributed by atoms with Crippen LogP contribution < -0.4 is 15.8 Å². The lowest BCUT2D eigenvalue weighted by Gasteiger charge is -2.13. The van der Waals surface area contributed by atoms with Crippen LogP contribution in [0.25, 0.3) is 21.5 Å². The maximum atomic E-state index is 12.2. The third-order valence-electron chi connectivity index (χ3n) is 4.88. The van der Waals surface area contributed by atoms with E-state index in [1.807, 2.05) is 42.5 Å². The van der Waals surface area contributed by atoms with Crippen molar-refractivity contribution in [2.24, 2.45) is 5.10 Å². The number of carboxylic acids is 1. The average molecular weight is 412 g/mol. The Kier molecular flexibility index (Phi) is 5.49. The van der Waals surface area contributed by atoms with Gasteiger partial charge in [-0.3, -0.25) is 4.79 Å². The predicted molar refractivity (Wildman–Crippen MR) is 119 cm³/mol. The van der Waals surface area contributed by atoms with Crippen LogP contribution in [0, 0.1) is 0 Å². The van der Waals surface area contributed by atoms with Crippen LogP contribution in [0.1, 0.15) is 15.9 Å². The van der Waals surface area contributed by atoms with Crippen molar-refractivity contribution in [1.82, 2.24) is 5.43 Å². The van der Waals surface area contributed by atoms with Crippen LogP contribution in [0.4, 0.5) is 5.69 Å². The van der Waals surface area contributed by atoms with E-state index in [9.17, 15) is 14.7 Å². The fourth-order valence-electron chi connectivity index (χ4n) is 3.36. The van der Waals surface area contributed by atoms with Crippen molar-refractivity contribution in [2.75, 3.05) is 11.9 Å². The molecular formula is C24H18N3O4-. The van der Waals surface area contributed by atoms with E-state index >= 15 is 0 Å². The zero-order valence-corrected chi connectivity index (χ0v) is 16.3. The van der Waals surface area contributed by atoms with Gasteiger partial charge in [0.25, 0.3) is 5.91 Å². The van der Waals surface area contributed by atoms with Gasteiger partial charge in [0.1, 0.15) is 0 Å². The van der Waals surface area contributed by atoms with E-state index in [0.29, 0.717) is 10.8 Å². The molecule has 0 aromatic heterocycles.